The quantitative estimate of drug-likeness (QED) is 0.812. The van der Waals surface area contributed by atoms with Crippen molar-refractivity contribution >= 4 is 11.7 Å². The number of ether oxygens (including phenoxy) is 1. The molecule has 0 amide bonds. The molecular formula is C16H24N2O2. The average Bonchev–Trinajstić information content (AvgIpc) is 2.93. The molecule has 1 aliphatic heterocycles. The van der Waals surface area contributed by atoms with Gasteiger partial charge in [0.05, 0.1) is 12.7 Å². The number of methoxy groups -OCH3 is 1. The maximum absolute atomic E-state index is 11.5. The third-order valence-electron chi connectivity index (χ3n) is 3.85. The van der Waals surface area contributed by atoms with Crippen molar-refractivity contribution in [3.05, 3.63) is 29.3 Å². The Morgan fingerprint density at radius 1 is 1.55 bits per heavy atom. The minimum atomic E-state index is -0.289. The van der Waals surface area contributed by atoms with E-state index in [-0.39, 0.29) is 5.97 Å². The first kappa shape index (κ1) is 14.9. The SMILES string of the molecule is COC(=O)c1ccc(NC(C)CC2CCCN2)c(C)c1. The van der Waals surface area contributed by atoms with E-state index in [1.165, 1.54) is 20.0 Å². The van der Waals surface area contributed by atoms with Gasteiger partial charge in [-0.2, -0.15) is 0 Å². The summed E-state index contributed by atoms with van der Waals surface area (Å²) in [6, 6.07) is 6.68. The normalized spacial score (nSPS) is 19.6. The Hall–Kier alpha value is -1.55. The summed E-state index contributed by atoms with van der Waals surface area (Å²) in [5, 5.41) is 7.05. The predicted molar refractivity (Wildman–Crippen MR) is 81.2 cm³/mol. The van der Waals surface area contributed by atoms with Gasteiger partial charge < -0.3 is 15.4 Å². The Morgan fingerprint density at radius 3 is 2.95 bits per heavy atom. The lowest BCUT2D eigenvalue weighted by molar-refractivity contribution is 0.0600. The summed E-state index contributed by atoms with van der Waals surface area (Å²) in [6.07, 6.45) is 3.68. The van der Waals surface area contributed by atoms with Crippen LogP contribution in [0.3, 0.4) is 0 Å². The van der Waals surface area contributed by atoms with Crippen LogP contribution in [0.5, 0.6) is 0 Å². The molecule has 2 N–H and O–H groups in total. The van der Waals surface area contributed by atoms with Crippen molar-refractivity contribution in [3.8, 4) is 0 Å². The molecule has 2 unspecified atom stereocenters. The fourth-order valence-electron chi connectivity index (χ4n) is 2.78. The van der Waals surface area contributed by atoms with Crippen LogP contribution in [-0.4, -0.2) is 31.7 Å². The number of aryl methyl sites for hydroxylation is 1. The Kier molecular flexibility index (Phi) is 5.01. The van der Waals surface area contributed by atoms with Crippen molar-refractivity contribution in [2.24, 2.45) is 0 Å². The molecule has 1 heterocycles. The molecule has 1 aromatic rings. The van der Waals surface area contributed by atoms with Crippen LogP contribution in [-0.2, 0) is 4.74 Å². The van der Waals surface area contributed by atoms with Gasteiger partial charge in [-0.25, -0.2) is 4.79 Å². The minimum absolute atomic E-state index is 0.289. The maximum Gasteiger partial charge on any atom is 0.337 e. The second kappa shape index (κ2) is 6.75. The van der Waals surface area contributed by atoms with Gasteiger partial charge in [0.1, 0.15) is 0 Å². The number of benzene rings is 1. The number of nitrogens with one attached hydrogen (secondary N) is 2. The van der Waals surface area contributed by atoms with Gasteiger partial charge in [-0.1, -0.05) is 0 Å². The summed E-state index contributed by atoms with van der Waals surface area (Å²) in [6.45, 7) is 5.35. The first-order valence-corrected chi connectivity index (χ1v) is 7.29. The largest absolute Gasteiger partial charge is 0.465 e. The highest BCUT2D eigenvalue weighted by Crippen LogP contribution is 2.20. The van der Waals surface area contributed by atoms with Gasteiger partial charge >= 0.3 is 5.97 Å². The zero-order chi connectivity index (χ0) is 14.5. The van der Waals surface area contributed by atoms with Crippen molar-refractivity contribution < 1.29 is 9.53 Å². The van der Waals surface area contributed by atoms with Crippen LogP contribution < -0.4 is 10.6 Å². The van der Waals surface area contributed by atoms with Crippen LogP contribution in [0.25, 0.3) is 0 Å². The first-order chi connectivity index (χ1) is 9.60. The third-order valence-corrected chi connectivity index (χ3v) is 3.85. The number of esters is 1. The van der Waals surface area contributed by atoms with Crippen molar-refractivity contribution in [1.29, 1.82) is 0 Å². The van der Waals surface area contributed by atoms with Crippen LogP contribution in [0.4, 0.5) is 5.69 Å². The van der Waals surface area contributed by atoms with Crippen LogP contribution in [0, 0.1) is 6.92 Å². The molecule has 0 saturated carbocycles. The second-order valence-corrected chi connectivity index (χ2v) is 5.60. The first-order valence-electron chi connectivity index (χ1n) is 7.29. The topological polar surface area (TPSA) is 50.4 Å². The molecule has 1 aliphatic rings. The summed E-state index contributed by atoms with van der Waals surface area (Å²) in [4.78, 5) is 11.5. The van der Waals surface area contributed by atoms with Crippen molar-refractivity contribution in [2.45, 2.75) is 45.2 Å². The molecule has 0 aromatic heterocycles. The lowest BCUT2D eigenvalue weighted by Crippen LogP contribution is -2.29. The summed E-state index contributed by atoms with van der Waals surface area (Å²) in [5.41, 5.74) is 2.75. The third kappa shape index (κ3) is 3.73. The summed E-state index contributed by atoms with van der Waals surface area (Å²) in [5.74, 6) is -0.289. The van der Waals surface area contributed by atoms with Crippen LogP contribution in [0.2, 0.25) is 0 Å². The highest BCUT2D eigenvalue weighted by molar-refractivity contribution is 5.90. The Labute approximate surface area is 120 Å². The van der Waals surface area contributed by atoms with Gasteiger partial charge in [0.15, 0.2) is 0 Å². The molecule has 1 aromatic carbocycles. The smallest absolute Gasteiger partial charge is 0.337 e. The molecule has 0 bridgehead atoms. The monoisotopic (exact) mass is 276 g/mol. The molecule has 2 atom stereocenters. The summed E-state index contributed by atoms with van der Waals surface area (Å²) in [7, 11) is 1.40. The molecule has 4 heteroatoms. The van der Waals surface area contributed by atoms with Crippen molar-refractivity contribution in [1.82, 2.24) is 5.32 Å². The van der Waals surface area contributed by atoms with Gasteiger partial charge in [0.2, 0.25) is 0 Å². The fraction of sp³-hybridized carbons (Fsp3) is 0.562. The Bertz CT molecular complexity index is 468. The van der Waals surface area contributed by atoms with Crippen molar-refractivity contribution in [2.75, 3.05) is 19.0 Å². The lowest BCUT2D eigenvalue weighted by atomic mass is 10.0. The molecule has 2 rings (SSSR count). The summed E-state index contributed by atoms with van der Waals surface area (Å²) < 4.78 is 4.73. The van der Waals surface area contributed by atoms with E-state index in [0.29, 0.717) is 17.6 Å². The van der Waals surface area contributed by atoms with Gasteiger partial charge in [0, 0.05) is 17.8 Å². The molecule has 4 nitrogen and oxygen atoms in total. The fourth-order valence-corrected chi connectivity index (χ4v) is 2.78. The van der Waals surface area contributed by atoms with E-state index in [9.17, 15) is 4.79 Å². The highest BCUT2D eigenvalue weighted by Gasteiger charge is 2.17. The van der Waals surface area contributed by atoms with E-state index in [4.69, 9.17) is 4.74 Å². The Balaban J connectivity index is 1.96. The highest BCUT2D eigenvalue weighted by atomic mass is 16.5. The predicted octanol–water partition coefficient (Wildman–Crippen LogP) is 2.72. The average molecular weight is 276 g/mol. The van der Waals surface area contributed by atoms with E-state index in [0.717, 1.165) is 24.2 Å². The number of carbonyl (C=O) groups excluding carboxylic acids is 1. The van der Waals surface area contributed by atoms with Gasteiger partial charge in [-0.3, -0.25) is 0 Å². The van der Waals surface area contributed by atoms with E-state index in [1.54, 1.807) is 0 Å². The van der Waals surface area contributed by atoms with Crippen LogP contribution in [0.1, 0.15) is 42.1 Å². The minimum Gasteiger partial charge on any atom is -0.465 e. The number of anilines is 1. The Morgan fingerprint density at radius 2 is 2.35 bits per heavy atom. The lowest BCUT2D eigenvalue weighted by Gasteiger charge is -2.20. The zero-order valence-electron chi connectivity index (χ0n) is 12.5. The molecule has 1 fully saturated rings. The molecular weight excluding hydrogens is 252 g/mol. The molecule has 20 heavy (non-hydrogen) atoms. The molecule has 0 spiro atoms. The number of hydrogen-bond acceptors (Lipinski definition) is 4. The second-order valence-electron chi connectivity index (χ2n) is 5.60. The summed E-state index contributed by atoms with van der Waals surface area (Å²) >= 11 is 0. The van der Waals surface area contributed by atoms with Crippen LogP contribution in [0.15, 0.2) is 18.2 Å². The van der Waals surface area contributed by atoms with Gasteiger partial charge in [-0.15, -0.1) is 0 Å². The van der Waals surface area contributed by atoms with E-state index >= 15 is 0 Å². The number of rotatable bonds is 5. The van der Waals surface area contributed by atoms with E-state index in [1.807, 2.05) is 25.1 Å². The molecule has 0 aliphatic carbocycles. The van der Waals surface area contributed by atoms with Crippen LogP contribution >= 0.6 is 0 Å². The van der Waals surface area contributed by atoms with Crippen molar-refractivity contribution in [3.63, 3.8) is 0 Å². The molecule has 1 saturated heterocycles. The van der Waals surface area contributed by atoms with E-state index < -0.39 is 0 Å². The van der Waals surface area contributed by atoms with Gasteiger partial charge in [0.25, 0.3) is 0 Å². The number of hydrogen-bond donors (Lipinski definition) is 2. The standard InChI is InChI=1S/C16H24N2O2/c1-11-9-13(16(19)20-3)6-7-15(11)18-12(2)10-14-5-4-8-17-14/h6-7,9,12,14,17-18H,4-5,8,10H2,1-3H3. The molecule has 0 radical (unpaired) electrons. The number of carbonyl (C=O) groups is 1. The molecule has 110 valence electrons. The van der Waals surface area contributed by atoms with E-state index in [2.05, 4.69) is 17.6 Å². The zero-order valence-corrected chi connectivity index (χ0v) is 12.5. The van der Waals surface area contributed by atoms with Gasteiger partial charge in [-0.05, 0) is 63.4 Å². The maximum atomic E-state index is 11.5.